The molecule has 2 rings (SSSR count). The number of hydrogen-bond acceptors (Lipinski definition) is 3. The van der Waals surface area contributed by atoms with Gasteiger partial charge in [0.1, 0.15) is 5.78 Å². The number of ketones is 1. The van der Waals surface area contributed by atoms with Gasteiger partial charge in [0, 0.05) is 18.8 Å². The number of hydrogen-bond donors (Lipinski definition) is 1. The standard InChI is InChI=1S/C16H20O3/c17-11-15-10-16(18)7-6-14(15)8-9-19-12-13-4-2-1-3-5-13/h1-6,15,17H,7-12H2. The van der Waals surface area contributed by atoms with Crippen LogP contribution in [0.5, 0.6) is 0 Å². The molecule has 1 aromatic rings. The predicted molar refractivity (Wildman–Crippen MR) is 73.6 cm³/mol. The molecule has 1 N–H and O–H groups in total. The van der Waals surface area contributed by atoms with E-state index in [-0.39, 0.29) is 18.3 Å². The van der Waals surface area contributed by atoms with Crippen molar-refractivity contribution in [3.05, 3.63) is 47.5 Å². The highest BCUT2D eigenvalue weighted by atomic mass is 16.5. The van der Waals surface area contributed by atoms with Crippen molar-refractivity contribution in [1.29, 1.82) is 0 Å². The van der Waals surface area contributed by atoms with E-state index < -0.39 is 0 Å². The van der Waals surface area contributed by atoms with E-state index in [1.54, 1.807) is 0 Å². The van der Waals surface area contributed by atoms with Crippen LogP contribution < -0.4 is 0 Å². The van der Waals surface area contributed by atoms with E-state index in [0.717, 1.165) is 17.6 Å². The largest absolute Gasteiger partial charge is 0.396 e. The first-order chi connectivity index (χ1) is 9.29. The van der Waals surface area contributed by atoms with Crippen LogP contribution in [0, 0.1) is 5.92 Å². The van der Waals surface area contributed by atoms with E-state index >= 15 is 0 Å². The van der Waals surface area contributed by atoms with Gasteiger partial charge in [0.15, 0.2) is 0 Å². The predicted octanol–water partition coefficient (Wildman–Crippen LogP) is 2.49. The SMILES string of the molecule is O=C1CC=C(CCOCc2ccccc2)C(CO)C1. The molecule has 1 aliphatic rings. The van der Waals surface area contributed by atoms with Crippen molar-refractivity contribution in [3.63, 3.8) is 0 Å². The normalized spacial score (nSPS) is 19.3. The van der Waals surface area contributed by atoms with Crippen LogP contribution in [0.25, 0.3) is 0 Å². The van der Waals surface area contributed by atoms with Crippen LogP contribution in [0.1, 0.15) is 24.8 Å². The Bertz CT molecular complexity index is 437. The lowest BCUT2D eigenvalue weighted by Crippen LogP contribution is -2.20. The number of rotatable bonds is 6. The highest BCUT2D eigenvalue weighted by Gasteiger charge is 2.21. The van der Waals surface area contributed by atoms with E-state index in [0.29, 0.717) is 26.1 Å². The van der Waals surface area contributed by atoms with Crippen LogP contribution in [0.2, 0.25) is 0 Å². The number of aliphatic hydroxyl groups excluding tert-OH is 1. The molecule has 0 amide bonds. The van der Waals surface area contributed by atoms with Gasteiger partial charge in [-0.05, 0) is 12.0 Å². The first-order valence-corrected chi connectivity index (χ1v) is 6.72. The quantitative estimate of drug-likeness (QED) is 0.631. The molecule has 0 aromatic heterocycles. The maximum absolute atomic E-state index is 11.3. The summed E-state index contributed by atoms with van der Waals surface area (Å²) in [5.41, 5.74) is 2.32. The second kappa shape index (κ2) is 7.22. The van der Waals surface area contributed by atoms with E-state index in [9.17, 15) is 9.90 Å². The summed E-state index contributed by atoms with van der Waals surface area (Å²) < 4.78 is 5.63. The Labute approximate surface area is 113 Å². The van der Waals surface area contributed by atoms with Gasteiger partial charge in [0.25, 0.3) is 0 Å². The third-order valence-corrected chi connectivity index (χ3v) is 3.46. The summed E-state index contributed by atoms with van der Waals surface area (Å²) >= 11 is 0. The molecule has 3 heteroatoms. The van der Waals surface area contributed by atoms with Gasteiger partial charge in [-0.25, -0.2) is 0 Å². The Balaban J connectivity index is 1.74. The molecule has 1 aliphatic carbocycles. The molecule has 0 saturated carbocycles. The van der Waals surface area contributed by atoms with Gasteiger partial charge in [0.05, 0.1) is 19.8 Å². The summed E-state index contributed by atoms with van der Waals surface area (Å²) in [5, 5.41) is 9.28. The van der Waals surface area contributed by atoms with Crippen molar-refractivity contribution in [3.8, 4) is 0 Å². The first kappa shape index (κ1) is 14.0. The van der Waals surface area contributed by atoms with Gasteiger partial charge in [0.2, 0.25) is 0 Å². The minimum absolute atomic E-state index is 0.00146. The van der Waals surface area contributed by atoms with Crippen molar-refractivity contribution in [2.75, 3.05) is 13.2 Å². The molecule has 1 aromatic carbocycles. The van der Waals surface area contributed by atoms with E-state index in [2.05, 4.69) is 0 Å². The molecule has 1 atom stereocenters. The molecule has 1 unspecified atom stereocenters. The molecule has 19 heavy (non-hydrogen) atoms. The molecule has 0 aliphatic heterocycles. The molecular weight excluding hydrogens is 240 g/mol. The summed E-state index contributed by atoms with van der Waals surface area (Å²) in [6, 6.07) is 10.1. The lowest BCUT2D eigenvalue weighted by atomic mass is 9.86. The van der Waals surface area contributed by atoms with Crippen molar-refractivity contribution in [1.82, 2.24) is 0 Å². The van der Waals surface area contributed by atoms with Crippen molar-refractivity contribution in [2.45, 2.75) is 25.9 Å². The summed E-state index contributed by atoms with van der Waals surface area (Å²) in [6.07, 6.45) is 3.73. The number of ether oxygens (including phenoxy) is 1. The zero-order valence-electron chi connectivity index (χ0n) is 11.0. The van der Waals surface area contributed by atoms with Crippen molar-refractivity contribution >= 4 is 5.78 Å². The van der Waals surface area contributed by atoms with Gasteiger partial charge < -0.3 is 9.84 Å². The number of carbonyl (C=O) groups is 1. The number of allylic oxidation sites excluding steroid dienone is 1. The van der Waals surface area contributed by atoms with E-state index in [4.69, 9.17) is 4.74 Å². The summed E-state index contributed by atoms with van der Waals surface area (Å²) in [7, 11) is 0. The fraction of sp³-hybridized carbons (Fsp3) is 0.438. The van der Waals surface area contributed by atoms with Crippen molar-refractivity contribution in [2.24, 2.45) is 5.92 Å². The second-order valence-electron chi connectivity index (χ2n) is 4.89. The van der Waals surface area contributed by atoms with Gasteiger partial charge >= 0.3 is 0 Å². The Morgan fingerprint density at radius 1 is 1.26 bits per heavy atom. The molecule has 102 valence electrons. The van der Waals surface area contributed by atoms with Gasteiger partial charge in [-0.3, -0.25) is 4.79 Å². The number of aliphatic hydroxyl groups is 1. The van der Waals surface area contributed by atoms with E-state index in [1.807, 2.05) is 36.4 Å². The number of Topliss-reactive ketones (excluding diaryl/α,β-unsaturated/α-hetero) is 1. The zero-order valence-corrected chi connectivity index (χ0v) is 11.0. The molecule has 0 radical (unpaired) electrons. The minimum atomic E-state index is 0.00146. The Hall–Kier alpha value is -1.45. The fourth-order valence-electron chi connectivity index (χ4n) is 2.34. The van der Waals surface area contributed by atoms with Crippen molar-refractivity contribution < 1.29 is 14.6 Å². The maximum atomic E-state index is 11.3. The zero-order chi connectivity index (χ0) is 13.5. The third-order valence-electron chi connectivity index (χ3n) is 3.46. The van der Waals surface area contributed by atoms with Crippen LogP contribution in [0.3, 0.4) is 0 Å². The van der Waals surface area contributed by atoms with Crippen LogP contribution in [0.4, 0.5) is 0 Å². The first-order valence-electron chi connectivity index (χ1n) is 6.72. The van der Waals surface area contributed by atoms with Crippen LogP contribution in [0.15, 0.2) is 42.0 Å². The third kappa shape index (κ3) is 4.30. The van der Waals surface area contributed by atoms with Crippen LogP contribution >= 0.6 is 0 Å². The lowest BCUT2D eigenvalue weighted by Gasteiger charge is -2.21. The summed E-state index contributed by atoms with van der Waals surface area (Å²) in [5.74, 6) is 0.217. The van der Waals surface area contributed by atoms with Crippen LogP contribution in [-0.4, -0.2) is 24.1 Å². The minimum Gasteiger partial charge on any atom is -0.396 e. The maximum Gasteiger partial charge on any atom is 0.137 e. The van der Waals surface area contributed by atoms with E-state index in [1.165, 1.54) is 0 Å². The average Bonchev–Trinajstić information content (AvgIpc) is 2.46. The molecule has 0 bridgehead atoms. The lowest BCUT2D eigenvalue weighted by molar-refractivity contribution is -0.119. The monoisotopic (exact) mass is 260 g/mol. The van der Waals surface area contributed by atoms with Gasteiger partial charge in [-0.1, -0.05) is 42.0 Å². The Kier molecular flexibility index (Phi) is 5.31. The summed E-state index contributed by atoms with van der Waals surface area (Å²) in [6.45, 7) is 1.29. The van der Waals surface area contributed by atoms with Gasteiger partial charge in [-0.2, -0.15) is 0 Å². The molecule has 0 saturated heterocycles. The molecule has 0 heterocycles. The smallest absolute Gasteiger partial charge is 0.137 e. The highest BCUT2D eigenvalue weighted by Crippen LogP contribution is 2.24. The number of benzene rings is 1. The number of carbonyl (C=O) groups excluding carboxylic acids is 1. The fourth-order valence-corrected chi connectivity index (χ4v) is 2.34. The van der Waals surface area contributed by atoms with Crippen LogP contribution in [-0.2, 0) is 16.1 Å². The molecular formula is C16H20O3. The molecule has 3 nitrogen and oxygen atoms in total. The van der Waals surface area contributed by atoms with Gasteiger partial charge in [-0.15, -0.1) is 0 Å². The molecule has 0 spiro atoms. The molecule has 0 fully saturated rings. The second-order valence-corrected chi connectivity index (χ2v) is 4.89. The Morgan fingerprint density at radius 3 is 2.79 bits per heavy atom. The average molecular weight is 260 g/mol. The Morgan fingerprint density at radius 2 is 2.05 bits per heavy atom. The topological polar surface area (TPSA) is 46.5 Å². The highest BCUT2D eigenvalue weighted by molar-refractivity contribution is 5.81. The summed E-state index contributed by atoms with van der Waals surface area (Å²) in [4.78, 5) is 11.3.